The Bertz CT molecular complexity index is 992. The van der Waals surface area contributed by atoms with Gasteiger partial charge in [0, 0.05) is 42.8 Å². The third-order valence-electron chi connectivity index (χ3n) is 5.56. The summed E-state index contributed by atoms with van der Waals surface area (Å²) in [5, 5.41) is 12.6. The normalized spacial score (nSPS) is 17.6. The number of rotatable bonds is 7. The molecule has 2 N–H and O–H groups in total. The number of anilines is 3. The van der Waals surface area contributed by atoms with Gasteiger partial charge in [-0.2, -0.15) is 10.1 Å². The topological polar surface area (TPSA) is 80.1 Å². The molecule has 0 amide bonds. The van der Waals surface area contributed by atoms with Crippen LogP contribution in [0.1, 0.15) is 18.4 Å². The van der Waals surface area contributed by atoms with E-state index in [2.05, 4.69) is 47.4 Å². The number of nitrogens with one attached hydrogen (secondary N) is 2. The second kappa shape index (κ2) is 7.96. The molecule has 2 aromatic heterocycles. The molecule has 0 bridgehead atoms. The minimum atomic E-state index is 0.560. The number of hydrogen-bond donors (Lipinski definition) is 2. The predicted molar refractivity (Wildman–Crippen MR) is 114 cm³/mol. The molecule has 8 nitrogen and oxygen atoms in total. The Labute approximate surface area is 170 Å². The summed E-state index contributed by atoms with van der Waals surface area (Å²) in [5.74, 6) is 1.52. The number of aromatic nitrogens is 4. The largest absolute Gasteiger partial charge is 0.379 e. The highest BCUT2D eigenvalue weighted by Gasteiger charge is 2.22. The fourth-order valence-electron chi connectivity index (χ4n) is 3.64. The summed E-state index contributed by atoms with van der Waals surface area (Å²) in [5.41, 5.74) is 3.16. The van der Waals surface area contributed by atoms with Gasteiger partial charge in [0.2, 0.25) is 5.95 Å². The average molecular weight is 393 g/mol. The average Bonchev–Trinajstić information content (AvgIpc) is 3.47. The summed E-state index contributed by atoms with van der Waals surface area (Å²) >= 11 is 0. The zero-order chi connectivity index (χ0) is 19.6. The highest BCUT2D eigenvalue weighted by Crippen LogP contribution is 2.28. The maximum absolute atomic E-state index is 5.43. The van der Waals surface area contributed by atoms with E-state index in [-0.39, 0.29) is 0 Å². The van der Waals surface area contributed by atoms with Crippen molar-refractivity contribution < 1.29 is 4.74 Å². The fourth-order valence-corrected chi connectivity index (χ4v) is 3.64. The summed E-state index contributed by atoms with van der Waals surface area (Å²) < 4.78 is 7.51. The lowest BCUT2D eigenvalue weighted by molar-refractivity contribution is 0.0361. The molecule has 1 aliphatic heterocycles. The number of benzene rings is 1. The molecule has 1 aromatic carbocycles. The third-order valence-corrected chi connectivity index (χ3v) is 5.56. The first-order valence-electron chi connectivity index (χ1n) is 10.4. The predicted octanol–water partition coefficient (Wildman–Crippen LogP) is 2.78. The summed E-state index contributed by atoms with van der Waals surface area (Å²) in [4.78, 5) is 11.6. The van der Waals surface area contributed by atoms with Crippen molar-refractivity contribution in [2.24, 2.45) is 0 Å². The lowest BCUT2D eigenvalue weighted by Crippen LogP contribution is -2.38. The smallest absolute Gasteiger partial charge is 0.229 e. The molecule has 5 rings (SSSR count). The molecule has 2 aliphatic rings. The Kier molecular flexibility index (Phi) is 5.03. The lowest BCUT2D eigenvalue weighted by Gasteiger charge is -2.26. The number of nitrogens with zero attached hydrogens (tertiary/aromatic N) is 5. The number of ether oxygens (including phenoxy) is 1. The summed E-state index contributed by atoms with van der Waals surface area (Å²) in [6.45, 7) is 7.51. The molecule has 0 spiro atoms. The SMILES string of the molecule is Cc1cnc(Nc2cccc3c2cnn3CCN2CCOCC2)nc1NC1CC1. The van der Waals surface area contributed by atoms with Gasteiger partial charge in [-0.05, 0) is 31.9 Å². The zero-order valence-electron chi connectivity index (χ0n) is 16.8. The molecule has 0 atom stereocenters. The monoisotopic (exact) mass is 393 g/mol. The molecule has 152 valence electrons. The van der Waals surface area contributed by atoms with Crippen LogP contribution in [-0.4, -0.2) is 63.5 Å². The highest BCUT2D eigenvalue weighted by atomic mass is 16.5. The van der Waals surface area contributed by atoms with E-state index in [1.54, 1.807) is 0 Å². The van der Waals surface area contributed by atoms with Crippen molar-refractivity contribution in [3.8, 4) is 0 Å². The standard InChI is InChI=1S/C21H27N7O/c1-15-13-22-21(26-20(15)24-16-5-6-16)25-18-3-2-4-19-17(18)14-23-28(19)8-7-27-9-11-29-12-10-27/h2-4,13-14,16H,5-12H2,1H3,(H2,22,24,25,26). The van der Waals surface area contributed by atoms with E-state index in [9.17, 15) is 0 Å². The molecule has 1 saturated carbocycles. The highest BCUT2D eigenvalue weighted by molar-refractivity contribution is 5.92. The van der Waals surface area contributed by atoms with E-state index in [4.69, 9.17) is 4.74 Å². The van der Waals surface area contributed by atoms with Crippen LogP contribution in [0.4, 0.5) is 17.5 Å². The number of fused-ring (bicyclic) bond motifs is 1. The van der Waals surface area contributed by atoms with Crippen LogP contribution in [-0.2, 0) is 11.3 Å². The molecule has 8 heteroatoms. The van der Waals surface area contributed by atoms with Crippen LogP contribution < -0.4 is 10.6 Å². The molecule has 1 aliphatic carbocycles. The van der Waals surface area contributed by atoms with Gasteiger partial charge in [-0.1, -0.05) is 6.07 Å². The van der Waals surface area contributed by atoms with Crippen molar-refractivity contribution in [1.29, 1.82) is 0 Å². The molecule has 1 saturated heterocycles. The van der Waals surface area contributed by atoms with Crippen LogP contribution >= 0.6 is 0 Å². The first kappa shape index (κ1) is 18.3. The second-order valence-electron chi connectivity index (χ2n) is 7.83. The fraction of sp³-hybridized carbons (Fsp3) is 0.476. The minimum Gasteiger partial charge on any atom is -0.379 e. The third kappa shape index (κ3) is 4.18. The van der Waals surface area contributed by atoms with Crippen LogP contribution in [0.2, 0.25) is 0 Å². The first-order chi connectivity index (χ1) is 14.3. The van der Waals surface area contributed by atoms with E-state index >= 15 is 0 Å². The number of aryl methyl sites for hydroxylation is 1. The maximum Gasteiger partial charge on any atom is 0.229 e. The van der Waals surface area contributed by atoms with Crippen LogP contribution in [0.3, 0.4) is 0 Å². The van der Waals surface area contributed by atoms with Gasteiger partial charge in [0.25, 0.3) is 0 Å². The van der Waals surface area contributed by atoms with Gasteiger partial charge < -0.3 is 15.4 Å². The first-order valence-corrected chi connectivity index (χ1v) is 10.4. The molecule has 2 fully saturated rings. The van der Waals surface area contributed by atoms with Gasteiger partial charge in [-0.25, -0.2) is 4.98 Å². The van der Waals surface area contributed by atoms with Crippen LogP contribution in [0.5, 0.6) is 0 Å². The van der Waals surface area contributed by atoms with E-state index < -0.39 is 0 Å². The Balaban J connectivity index is 1.33. The van der Waals surface area contributed by atoms with E-state index in [0.717, 1.165) is 67.4 Å². The van der Waals surface area contributed by atoms with Crippen LogP contribution in [0, 0.1) is 6.92 Å². The molecule has 3 aromatic rings. The lowest BCUT2D eigenvalue weighted by atomic mass is 10.2. The second-order valence-corrected chi connectivity index (χ2v) is 7.83. The van der Waals surface area contributed by atoms with Crippen molar-refractivity contribution in [2.45, 2.75) is 32.4 Å². The van der Waals surface area contributed by atoms with Gasteiger partial charge >= 0.3 is 0 Å². The molecule has 0 radical (unpaired) electrons. The maximum atomic E-state index is 5.43. The van der Waals surface area contributed by atoms with Crippen molar-refractivity contribution in [3.05, 3.63) is 36.2 Å². The number of morpholine rings is 1. The Morgan fingerprint density at radius 1 is 1.14 bits per heavy atom. The van der Waals surface area contributed by atoms with E-state index in [1.807, 2.05) is 25.4 Å². The number of hydrogen-bond acceptors (Lipinski definition) is 7. The van der Waals surface area contributed by atoms with Gasteiger partial charge in [-0.3, -0.25) is 9.58 Å². The van der Waals surface area contributed by atoms with Crippen LogP contribution in [0.15, 0.2) is 30.6 Å². The van der Waals surface area contributed by atoms with E-state index in [1.165, 1.54) is 12.8 Å². The Morgan fingerprint density at radius 2 is 2.00 bits per heavy atom. The van der Waals surface area contributed by atoms with Crippen molar-refractivity contribution in [3.63, 3.8) is 0 Å². The van der Waals surface area contributed by atoms with Gasteiger partial charge in [0.05, 0.1) is 37.2 Å². The Hall–Kier alpha value is -2.71. The summed E-state index contributed by atoms with van der Waals surface area (Å²) in [6.07, 6.45) is 6.23. The molecule has 0 unspecified atom stereocenters. The molecular formula is C21H27N7O. The van der Waals surface area contributed by atoms with Gasteiger partial charge in [0.1, 0.15) is 5.82 Å². The van der Waals surface area contributed by atoms with Gasteiger partial charge in [0.15, 0.2) is 0 Å². The van der Waals surface area contributed by atoms with Crippen molar-refractivity contribution in [1.82, 2.24) is 24.6 Å². The molecular weight excluding hydrogens is 366 g/mol. The summed E-state index contributed by atoms with van der Waals surface area (Å²) in [7, 11) is 0. The minimum absolute atomic E-state index is 0.560. The van der Waals surface area contributed by atoms with Crippen LogP contribution in [0.25, 0.3) is 10.9 Å². The van der Waals surface area contributed by atoms with Crippen molar-refractivity contribution in [2.75, 3.05) is 43.5 Å². The van der Waals surface area contributed by atoms with Crippen molar-refractivity contribution >= 4 is 28.4 Å². The summed E-state index contributed by atoms with van der Waals surface area (Å²) in [6, 6.07) is 6.77. The molecule has 29 heavy (non-hydrogen) atoms. The van der Waals surface area contributed by atoms with Gasteiger partial charge in [-0.15, -0.1) is 0 Å². The zero-order valence-corrected chi connectivity index (χ0v) is 16.8. The quantitative estimate of drug-likeness (QED) is 0.639. The van der Waals surface area contributed by atoms with E-state index in [0.29, 0.717) is 12.0 Å². The Morgan fingerprint density at radius 3 is 2.83 bits per heavy atom. The molecule has 3 heterocycles.